The van der Waals surface area contributed by atoms with Crippen LogP contribution in [0.2, 0.25) is 0 Å². The molecule has 2 aliphatic heterocycles. The fourth-order valence-corrected chi connectivity index (χ4v) is 7.71. The Morgan fingerprint density at radius 1 is 0.867 bits per heavy atom. The SMILES string of the molecule is COc1ccc2c(c1)[P+]1([O-])N(CCN2Cc2ccccc2)CCN1c1ccccc1. The number of hydrogen-bond donors (Lipinski definition) is 0. The van der Waals surface area contributed by atoms with Crippen LogP contribution in [0.25, 0.3) is 0 Å². The predicted octanol–water partition coefficient (Wildman–Crippen LogP) is 3.29. The highest BCUT2D eigenvalue weighted by Gasteiger charge is 2.52. The molecule has 1 unspecified atom stereocenters. The number of nitrogens with zero attached hydrogens (tertiary/aromatic N) is 3. The van der Waals surface area contributed by atoms with E-state index in [9.17, 15) is 4.89 Å². The molecule has 154 valence electrons. The van der Waals surface area contributed by atoms with Crippen molar-refractivity contribution < 1.29 is 9.63 Å². The topological polar surface area (TPSA) is 42.0 Å². The van der Waals surface area contributed by atoms with Gasteiger partial charge in [0.05, 0.1) is 38.1 Å². The highest BCUT2D eigenvalue weighted by Crippen LogP contribution is 2.63. The minimum atomic E-state index is -2.98. The molecule has 0 radical (unpaired) electrons. The summed E-state index contributed by atoms with van der Waals surface area (Å²) in [6.45, 7) is 3.95. The van der Waals surface area contributed by atoms with Gasteiger partial charge in [-0.2, -0.15) is 4.67 Å². The fourth-order valence-electron chi connectivity index (χ4n) is 4.50. The quantitative estimate of drug-likeness (QED) is 0.607. The number of ether oxygens (including phenoxy) is 1. The zero-order chi connectivity index (χ0) is 20.6. The normalized spacial score (nSPS) is 21.1. The molecule has 0 aliphatic carbocycles. The third kappa shape index (κ3) is 3.24. The lowest BCUT2D eigenvalue weighted by Gasteiger charge is -2.39. The fraction of sp³-hybridized carbons (Fsp3) is 0.250. The molecule has 2 aliphatic rings. The molecule has 30 heavy (non-hydrogen) atoms. The van der Waals surface area contributed by atoms with Crippen LogP contribution in [-0.4, -0.2) is 38.0 Å². The number of para-hydroxylation sites is 1. The summed E-state index contributed by atoms with van der Waals surface area (Å²) < 4.78 is 9.82. The molecule has 1 fully saturated rings. The summed E-state index contributed by atoms with van der Waals surface area (Å²) >= 11 is 0. The summed E-state index contributed by atoms with van der Waals surface area (Å²) in [5.41, 5.74) is 3.29. The monoisotopic (exact) mass is 419 g/mol. The molecule has 1 saturated heterocycles. The molecule has 3 aromatic carbocycles. The molecule has 0 N–H and O–H groups in total. The zero-order valence-electron chi connectivity index (χ0n) is 17.1. The Kier molecular flexibility index (Phi) is 5.11. The van der Waals surface area contributed by atoms with Crippen molar-refractivity contribution in [3.8, 4) is 5.75 Å². The number of fused-ring (bicyclic) bond motifs is 3. The summed E-state index contributed by atoms with van der Waals surface area (Å²) in [6, 6.07) is 26.6. The average molecular weight is 419 g/mol. The standard InChI is InChI=1S/C24H26N3O2P/c1-29-22-12-13-23-24(18-22)30(28)26(16-17-27(30)21-10-6-3-7-11-21)15-14-25(23)19-20-8-4-2-5-9-20/h2-13,18H,14-17,19H2,1H3. The second-order valence-corrected chi connectivity index (χ2v) is 10.3. The number of anilines is 2. The van der Waals surface area contributed by atoms with E-state index < -0.39 is 7.79 Å². The Balaban J connectivity index is 1.62. The molecule has 2 heterocycles. The molecule has 6 heteroatoms. The van der Waals surface area contributed by atoms with Gasteiger partial charge in [-0.15, -0.1) is 0 Å². The number of methoxy groups -OCH3 is 1. The molecular weight excluding hydrogens is 393 g/mol. The smallest absolute Gasteiger partial charge is 0.166 e. The van der Waals surface area contributed by atoms with Crippen LogP contribution in [0.15, 0.2) is 78.9 Å². The lowest BCUT2D eigenvalue weighted by Crippen LogP contribution is -2.40. The van der Waals surface area contributed by atoms with Gasteiger partial charge in [0.2, 0.25) is 0 Å². The minimum absolute atomic E-state index is 0.741. The van der Waals surface area contributed by atoms with E-state index in [1.54, 1.807) is 7.11 Å². The Morgan fingerprint density at radius 2 is 1.57 bits per heavy atom. The van der Waals surface area contributed by atoms with Crippen molar-refractivity contribution in [3.05, 3.63) is 84.4 Å². The van der Waals surface area contributed by atoms with Gasteiger partial charge in [-0.3, -0.25) is 0 Å². The molecule has 1 atom stereocenters. The lowest BCUT2D eigenvalue weighted by atomic mass is 10.2. The summed E-state index contributed by atoms with van der Waals surface area (Å²) in [7, 11) is -1.31. The van der Waals surface area contributed by atoms with Gasteiger partial charge >= 0.3 is 0 Å². The first-order valence-corrected chi connectivity index (χ1v) is 12.0. The van der Waals surface area contributed by atoms with Crippen LogP contribution >= 0.6 is 7.79 Å². The number of hydrogen-bond acceptors (Lipinski definition) is 5. The molecule has 3 aromatic rings. The Hall–Kier alpha value is -2.59. The predicted molar refractivity (Wildman–Crippen MR) is 122 cm³/mol. The molecular formula is C24H26N3O2P. The molecule has 0 saturated carbocycles. The van der Waals surface area contributed by atoms with Crippen LogP contribution in [0.3, 0.4) is 0 Å². The maximum absolute atomic E-state index is 14.8. The van der Waals surface area contributed by atoms with Crippen LogP contribution in [0.4, 0.5) is 11.4 Å². The van der Waals surface area contributed by atoms with Crippen LogP contribution in [0.5, 0.6) is 5.75 Å². The van der Waals surface area contributed by atoms with Gasteiger partial charge in [0, 0.05) is 19.2 Å². The van der Waals surface area contributed by atoms with Crippen molar-refractivity contribution in [1.82, 2.24) is 4.67 Å². The van der Waals surface area contributed by atoms with E-state index in [4.69, 9.17) is 4.74 Å². The first-order valence-electron chi connectivity index (χ1n) is 10.4. The maximum atomic E-state index is 14.8. The van der Waals surface area contributed by atoms with Crippen LogP contribution < -0.4 is 24.5 Å². The van der Waals surface area contributed by atoms with E-state index in [0.717, 1.165) is 55.2 Å². The summed E-state index contributed by atoms with van der Waals surface area (Å²) in [4.78, 5) is 17.2. The third-order valence-corrected chi connectivity index (χ3v) is 9.25. The van der Waals surface area contributed by atoms with Gasteiger partial charge < -0.3 is 14.5 Å². The van der Waals surface area contributed by atoms with Gasteiger partial charge in [-0.25, -0.2) is 4.67 Å². The van der Waals surface area contributed by atoms with E-state index in [2.05, 4.69) is 56.7 Å². The molecule has 0 spiro atoms. The van der Waals surface area contributed by atoms with Gasteiger partial charge in [-0.05, 0) is 29.8 Å². The summed E-state index contributed by atoms with van der Waals surface area (Å²) in [5.74, 6) is 0.741. The first kappa shape index (κ1) is 19.4. The Labute approximate surface area is 178 Å². The molecule has 0 aromatic heterocycles. The van der Waals surface area contributed by atoms with Crippen molar-refractivity contribution in [3.63, 3.8) is 0 Å². The Bertz CT molecular complexity index is 1020. The summed E-state index contributed by atoms with van der Waals surface area (Å²) in [5, 5.41) is 0.872. The number of benzene rings is 3. The van der Waals surface area contributed by atoms with Gasteiger partial charge in [0.25, 0.3) is 0 Å². The molecule has 5 rings (SSSR count). The van der Waals surface area contributed by atoms with E-state index in [1.165, 1.54) is 5.56 Å². The van der Waals surface area contributed by atoms with E-state index >= 15 is 0 Å². The maximum Gasteiger partial charge on any atom is 0.166 e. The van der Waals surface area contributed by atoms with Crippen LogP contribution in [0.1, 0.15) is 5.56 Å². The third-order valence-electron chi connectivity index (χ3n) is 6.02. The largest absolute Gasteiger partial charge is 0.642 e. The molecule has 0 amide bonds. The Morgan fingerprint density at radius 3 is 2.30 bits per heavy atom. The van der Waals surface area contributed by atoms with Gasteiger partial charge in [0.15, 0.2) is 13.1 Å². The number of rotatable bonds is 4. The van der Waals surface area contributed by atoms with Crippen molar-refractivity contribution in [2.75, 3.05) is 42.9 Å². The van der Waals surface area contributed by atoms with E-state index in [-0.39, 0.29) is 0 Å². The zero-order valence-corrected chi connectivity index (χ0v) is 18.0. The lowest BCUT2D eigenvalue weighted by molar-refractivity contribution is -0.176. The summed E-state index contributed by atoms with van der Waals surface area (Å²) in [6.07, 6.45) is 0. The van der Waals surface area contributed by atoms with Crippen molar-refractivity contribution in [2.45, 2.75) is 6.54 Å². The van der Waals surface area contributed by atoms with E-state index in [1.807, 2.05) is 36.4 Å². The average Bonchev–Trinajstić information content (AvgIpc) is 3.09. The van der Waals surface area contributed by atoms with Crippen molar-refractivity contribution in [2.24, 2.45) is 0 Å². The second-order valence-electron chi connectivity index (χ2n) is 7.72. The van der Waals surface area contributed by atoms with Crippen LogP contribution in [0, 0.1) is 0 Å². The first-order chi connectivity index (χ1) is 14.7. The minimum Gasteiger partial charge on any atom is -0.642 e. The van der Waals surface area contributed by atoms with Crippen LogP contribution in [-0.2, 0) is 6.54 Å². The highest BCUT2D eigenvalue weighted by molar-refractivity contribution is 7.76. The molecule has 0 bridgehead atoms. The molecule has 5 nitrogen and oxygen atoms in total. The van der Waals surface area contributed by atoms with Crippen molar-refractivity contribution in [1.29, 1.82) is 0 Å². The van der Waals surface area contributed by atoms with E-state index in [0.29, 0.717) is 0 Å². The second kappa shape index (κ2) is 7.92. The van der Waals surface area contributed by atoms with Gasteiger partial charge in [0.1, 0.15) is 5.75 Å². The highest BCUT2D eigenvalue weighted by atomic mass is 31.2. The van der Waals surface area contributed by atoms with Gasteiger partial charge in [-0.1, -0.05) is 48.5 Å². The van der Waals surface area contributed by atoms with Crippen molar-refractivity contribution >= 4 is 24.5 Å².